The van der Waals surface area contributed by atoms with Crippen LogP contribution < -0.4 is 9.47 Å². The number of rotatable bonds is 21. The number of hydrogen-bond donors (Lipinski definition) is 0. The van der Waals surface area contributed by atoms with Crippen LogP contribution in [0.25, 0.3) is 0 Å². The van der Waals surface area contributed by atoms with E-state index in [0.717, 1.165) is 96.0 Å². The lowest BCUT2D eigenvalue weighted by Gasteiger charge is -2.27. The molecule has 1 unspecified atom stereocenters. The van der Waals surface area contributed by atoms with E-state index >= 15 is 0 Å². The first-order valence-electron chi connectivity index (χ1n) is 21.1. The molecule has 1 atom stereocenters. The number of fused-ring (bicyclic) bond motifs is 2. The van der Waals surface area contributed by atoms with Crippen LogP contribution in [0.5, 0.6) is 11.5 Å². The SMILES string of the molecule is C=CC(=O)OCCC(=O)Oc1c2c(c(OC(=O)CCOC(=O)C=C)c3c1SC(=C1C(=O)N(Cc4ccccc4)N(Cc4ccccc4)C1=O)S3)SC(=C(C#N)C(=O)OCC(CC)CCCC)S2. The van der Waals surface area contributed by atoms with Gasteiger partial charge in [-0.2, -0.15) is 5.26 Å². The smallest absolute Gasteiger partial charge is 0.350 e. The van der Waals surface area contributed by atoms with Crippen LogP contribution in [0.4, 0.5) is 0 Å². The molecule has 15 nitrogen and oxygen atoms in total. The molecule has 0 saturated carbocycles. The van der Waals surface area contributed by atoms with E-state index in [0.29, 0.717) is 0 Å². The number of unbranched alkanes of at least 4 members (excludes halogenated alkanes) is 1. The molecule has 0 bridgehead atoms. The Hall–Kier alpha value is -6.20. The van der Waals surface area contributed by atoms with Gasteiger partial charge in [0.1, 0.15) is 24.9 Å². The summed E-state index contributed by atoms with van der Waals surface area (Å²) in [5.41, 5.74) is 1.02. The highest BCUT2D eigenvalue weighted by Crippen LogP contribution is 2.68. The third-order valence-corrected chi connectivity index (χ3v) is 15.3. The molecule has 19 heteroatoms. The number of amides is 2. The standard InChI is InChI=1S/C48H45N3O12S4/c1-5-9-16-29(6-2)28-61-46(58)32(25-49)47-64-40-38(62-35(54)21-23-59-33(52)7-3)42-43(39(41(40)65-47)63-36(55)22-24-60-34(53)8-4)67-48(66-42)37-44(56)50(26-30-17-12-10-13-18-30)51(45(37)57)27-31-19-14-11-15-20-31/h7-8,10-15,17-20,29H,3-6,9,16,21-24,26-28H2,1-2H3. The lowest BCUT2D eigenvalue weighted by atomic mass is 10.0. The lowest BCUT2D eigenvalue weighted by Crippen LogP contribution is -2.39. The second kappa shape index (κ2) is 24.0. The van der Waals surface area contributed by atoms with Crippen molar-refractivity contribution in [2.24, 2.45) is 5.92 Å². The van der Waals surface area contributed by atoms with Crippen LogP contribution in [0.3, 0.4) is 0 Å². The Morgan fingerprint density at radius 3 is 1.58 bits per heavy atom. The fourth-order valence-corrected chi connectivity index (χ4v) is 12.0. The van der Waals surface area contributed by atoms with E-state index in [-0.39, 0.29) is 89.5 Å². The number of esters is 5. The van der Waals surface area contributed by atoms with E-state index in [4.69, 9.17) is 23.7 Å². The second-order valence-corrected chi connectivity index (χ2v) is 19.3. The van der Waals surface area contributed by atoms with E-state index in [1.54, 1.807) is 0 Å². The topological polar surface area (TPSA) is 196 Å². The van der Waals surface area contributed by atoms with Crippen molar-refractivity contribution >= 4 is 88.7 Å². The van der Waals surface area contributed by atoms with Crippen LogP contribution in [0.15, 0.2) is 125 Å². The monoisotopic (exact) mass is 983 g/mol. The summed E-state index contributed by atoms with van der Waals surface area (Å²) in [7, 11) is 0. The van der Waals surface area contributed by atoms with Crippen LogP contribution in [0, 0.1) is 17.2 Å². The lowest BCUT2D eigenvalue weighted by molar-refractivity contribution is -0.149. The van der Waals surface area contributed by atoms with Crippen molar-refractivity contribution in [1.82, 2.24) is 10.0 Å². The minimum Gasteiger partial charge on any atom is -0.462 e. The van der Waals surface area contributed by atoms with Crippen LogP contribution >= 0.6 is 47.0 Å². The quantitative estimate of drug-likeness (QED) is 0.0245. The first-order valence-corrected chi connectivity index (χ1v) is 24.4. The zero-order valence-electron chi connectivity index (χ0n) is 36.6. The maximum absolute atomic E-state index is 14.6. The number of carbonyl (C=O) groups is 7. The van der Waals surface area contributed by atoms with Gasteiger partial charge in [-0.05, 0) is 23.5 Å². The van der Waals surface area contributed by atoms with Crippen LogP contribution in [0.1, 0.15) is 63.5 Å². The molecule has 0 spiro atoms. The molecule has 6 rings (SSSR count). The molecule has 0 N–H and O–H groups in total. The molecule has 0 aromatic heterocycles. The van der Waals surface area contributed by atoms with Gasteiger partial charge in [0, 0.05) is 12.2 Å². The van der Waals surface area contributed by atoms with Crippen molar-refractivity contribution in [2.45, 2.75) is 85.0 Å². The number of nitriles is 1. The van der Waals surface area contributed by atoms with Crippen molar-refractivity contribution < 1.29 is 57.2 Å². The third kappa shape index (κ3) is 12.4. The number of ether oxygens (including phenoxy) is 5. The van der Waals surface area contributed by atoms with Crippen molar-refractivity contribution in [3.05, 3.63) is 117 Å². The maximum Gasteiger partial charge on any atom is 0.350 e. The Labute approximate surface area is 404 Å². The molecule has 3 aliphatic rings. The molecule has 2 amide bonds. The Bertz CT molecular complexity index is 2430. The highest BCUT2D eigenvalue weighted by Gasteiger charge is 2.47. The molecule has 1 fully saturated rings. The summed E-state index contributed by atoms with van der Waals surface area (Å²) >= 11 is 3.68. The molecule has 0 aliphatic carbocycles. The van der Waals surface area contributed by atoms with Crippen molar-refractivity contribution in [3.8, 4) is 17.6 Å². The van der Waals surface area contributed by atoms with Gasteiger partial charge in [-0.3, -0.25) is 19.2 Å². The van der Waals surface area contributed by atoms with Gasteiger partial charge in [-0.15, -0.1) is 0 Å². The van der Waals surface area contributed by atoms with Gasteiger partial charge in [0.15, 0.2) is 17.1 Å². The number of carbonyl (C=O) groups excluding carboxylic acids is 7. The third-order valence-electron chi connectivity index (χ3n) is 10.1. The molecule has 3 aromatic rings. The zero-order chi connectivity index (χ0) is 48.0. The molecule has 3 heterocycles. The number of thioether (sulfide) groups is 4. The Balaban J connectivity index is 1.45. The highest BCUT2D eigenvalue weighted by molar-refractivity contribution is 8.26. The summed E-state index contributed by atoms with van der Waals surface area (Å²) in [6, 6.07) is 20.3. The summed E-state index contributed by atoms with van der Waals surface area (Å²) in [6.07, 6.45) is 4.59. The van der Waals surface area contributed by atoms with E-state index in [2.05, 4.69) is 20.1 Å². The zero-order valence-corrected chi connectivity index (χ0v) is 39.8. The summed E-state index contributed by atoms with van der Waals surface area (Å²) in [6.45, 7) is 10.3. The molecule has 348 valence electrons. The molecule has 67 heavy (non-hydrogen) atoms. The molecule has 1 saturated heterocycles. The van der Waals surface area contributed by atoms with E-state index in [1.807, 2.05) is 73.7 Å². The van der Waals surface area contributed by atoms with Crippen molar-refractivity contribution in [1.29, 1.82) is 5.26 Å². The number of hydrogen-bond acceptors (Lipinski definition) is 17. The molecular formula is C48H45N3O12S4. The van der Waals surface area contributed by atoms with Gasteiger partial charge >= 0.3 is 29.8 Å². The van der Waals surface area contributed by atoms with E-state index < -0.39 is 54.5 Å². The van der Waals surface area contributed by atoms with Gasteiger partial charge in [-0.25, -0.2) is 24.4 Å². The largest absolute Gasteiger partial charge is 0.462 e. The van der Waals surface area contributed by atoms with Gasteiger partial charge in [0.2, 0.25) is 0 Å². The Kier molecular flexibility index (Phi) is 18.0. The Morgan fingerprint density at radius 2 is 1.16 bits per heavy atom. The predicted molar refractivity (Wildman–Crippen MR) is 251 cm³/mol. The van der Waals surface area contributed by atoms with E-state index in [9.17, 15) is 38.8 Å². The average Bonchev–Trinajstić information content (AvgIpc) is 4.03. The fourth-order valence-electron chi connectivity index (χ4n) is 6.62. The summed E-state index contributed by atoms with van der Waals surface area (Å²) < 4.78 is 28.1. The predicted octanol–water partition coefficient (Wildman–Crippen LogP) is 8.82. The molecule has 3 aliphatic heterocycles. The van der Waals surface area contributed by atoms with Gasteiger partial charge < -0.3 is 23.7 Å². The van der Waals surface area contributed by atoms with E-state index in [1.165, 1.54) is 10.0 Å². The van der Waals surface area contributed by atoms with Crippen molar-refractivity contribution in [2.75, 3.05) is 19.8 Å². The van der Waals surface area contributed by atoms with Crippen molar-refractivity contribution in [3.63, 3.8) is 0 Å². The van der Waals surface area contributed by atoms with Gasteiger partial charge in [0.05, 0.1) is 60.6 Å². The number of nitrogens with zero attached hydrogens (tertiary/aromatic N) is 3. The maximum atomic E-state index is 14.6. The summed E-state index contributed by atoms with van der Waals surface area (Å²) in [5, 5.41) is 13.1. The fraction of sp³-hybridized carbons (Fsp3) is 0.292. The second-order valence-electron chi connectivity index (χ2n) is 14.7. The first kappa shape index (κ1) is 50.2. The number of hydrazine groups is 1. The Morgan fingerprint density at radius 1 is 0.701 bits per heavy atom. The van der Waals surface area contributed by atoms with Gasteiger partial charge in [-0.1, -0.05) is 154 Å². The summed E-state index contributed by atoms with van der Waals surface area (Å²) in [5.74, 6) is -5.37. The minimum atomic E-state index is -0.868. The highest BCUT2D eigenvalue weighted by atomic mass is 32.2. The molecule has 3 aromatic carbocycles. The van der Waals surface area contributed by atoms with Crippen LogP contribution in [-0.4, -0.2) is 71.5 Å². The minimum absolute atomic E-state index is 0.0636. The summed E-state index contributed by atoms with van der Waals surface area (Å²) in [4.78, 5) is 94.2. The average molecular weight is 984 g/mol. The van der Waals surface area contributed by atoms with Crippen LogP contribution in [0.2, 0.25) is 0 Å². The van der Waals surface area contributed by atoms with Crippen LogP contribution in [-0.2, 0) is 60.9 Å². The molecular weight excluding hydrogens is 939 g/mol. The molecule has 0 radical (unpaired) electrons. The first-order chi connectivity index (χ1) is 32.4. The normalized spacial score (nSPS) is 14.2. The van der Waals surface area contributed by atoms with Gasteiger partial charge in [0.25, 0.3) is 11.8 Å². The number of benzene rings is 3.